The summed E-state index contributed by atoms with van der Waals surface area (Å²) in [6.45, 7) is 2.02. The number of carboxylic acids is 1. The largest absolute Gasteiger partial charge is 0.481 e. The van der Waals surface area contributed by atoms with E-state index < -0.39 is 33.0 Å². The number of aliphatic carboxylic acids is 1. The number of sulfone groups is 1. The zero-order valence-corrected chi connectivity index (χ0v) is 18.3. The van der Waals surface area contributed by atoms with E-state index in [4.69, 9.17) is 5.11 Å². The van der Waals surface area contributed by atoms with E-state index in [-0.39, 0.29) is 29.1 Å². The third-order valence-electron chi connectivity index (χ3n) is 4.80. The molecule has 0 saturated carbocycles. The van der Waals surface area contributed by atoms with Crippen LogP contribution in [-0.4, -0.2) is 43.2 Å². The molecular weight excluding hydrogens is 439 g/mol. The highest BCUT2D eigenvalue weighted by Gasteiger charge is 2.27. The van der Waals surface area contributed by atoms with Gasteiger partial charge in [0.1, 0.15) is 5.82 Å². The van der Waals surface area contributed by atoms with Crippen molar-refractivity contribution < 1.29 is 32.3 Å². The smallest absolute Gasteiger partial charge is 0.341 e. The van der Waals surface area contributed by atoms with E-state index in [0.717, 1.165) is 5.56 Å². The van der Waals surface area contributed by atoms with E-state index in [1.54, 1.807) is 19.1 Å². The number of amides is 2. The molecule has 3 N–H and O–H groups in total. The molecule has 0 radical (unpaired) electrons. The fourth-order valence-corrected chi connectivity index (χ4v) is 3.92. The number of carbonyl (C=O) groups is 3. The molecule has 2 rings (SSSR count). The molecule has 1 atom stereocenters. The number of carbonyl (C=O) groups excluding carboxylic acids is 2. The van der Waals surface area contributed by atoms with Gasteiger partial charge in [0.05, 0.1) is 4.90 Å². The molecular formula is C22H25FN2O6S. The van der Waals surface area contributed by atoms with Gasteiger partial charge in [-0.05, 0) is 61.2 Å². The molecule has 0 heterocycles. The summed E-state index contributed by atoms with van der Waals surface area (Å²) in [6, 6.07) is 10.3. The standard InChI is InChI=1S/C22H25FN2O6S/c1-2-18(9-12-20(26)27)25-22(29)32(30,31)19-10-5-16(6-11-19)21(28)24-14-13-15-3-7-17(23)8-4-15/h3-8,10-11,18H,2,9,12-14H2,1H3,(H,24,28)(H,25,29)(H,26,27). The summed E-state index contributed by atoms with van der Waals surface area (Å²) in [4.78, 5) is 34.9. The maximum atomic E-state index is 12.9. The first-order chi connectivity index (χ1) is 15.1. The van der Waals surface area contributed by atoms with Gasteiger partial charge >= 0.3 is 11.2 Å². The van der Waals surface area contributed by atoms with Gasteiger partial charge in [-0.3, -0.25) is 14.4 Å². The number of halogens is 1. The van der Waals surface area contributed by atoms with Crippen LogP contribution in [0.4, 0.5) is 9.18 Å². The molecule has 0 aromatic heterocycles. The van der Waals surface area contributed by atoms with Gasteiger partial charge in [0, 0.05) is 24.6 Å². The maximum Gasteiger partial charge on any atom is 0.341 e. The lowest BCUT2D eigenvalue weighted by molar-refractivity contribution is -0.137. The van der Waals surface area contributed by atoms with Crippen molar-refractivity contribution in [3.05, 3.63) is 65.5 Å². The van der Waals surface area contributed by atoms with Crippen molar-refractivity contribution in [3.63, 3.8) is 0 Å². The lowest BCUT2D eigenvalue weighted by atomic mass is 10.1. The van der Waals surface area contributed by atoms with E-state index in [1.807, 2.05) is 0 Å². The molecule has 2 aromatic rings. The van der Waals surface area contributed by atoms with Gasteiger partial charge in [0.15, 0.2) is 0 Å². The summed E-state index contributed by atoms with van der Waals surface area (Å²) in [7, 11) is -4.34. The van der Waals surface area contributed by atoms with Crippen LogP contribution in [0.2, 0.25) is 0 Å². The molecule has 0 bridgehead atoms. The Bertz CT molecular complexity index is 1050. The zero-order chi connectivity index (χ0) is 23.7. The van der Waals surface area contributed by atoms with Gasteiger partial charge in [-0.1, -0.05) is 19.1 Å². The van der Waals surface area contributed by atoms with Gasteiger partial charge in [-0.25, -0.2) is 12.8 Å². The Hall–Kier alpha value is -3.27. The Kier molecular flexibility index (Phi) is 8.89. The molecule has 0 fully saturated rings. The van der Waals surface area contributed by atoms with Gasteiger partial charge in [-0.15, -0.1) is 0 Å². The molecule has 0 aliphatic rings. The highest BCUT2D eigenvalue weighted by molar-refractivity contribution is 8.06. The van der Waals surface area contributed by atoms with E-state index >= 15 is 0 Å². The van der Waals surface area contributed by atoms with E-state index in [2.05, 4.69) is 10.6 Å². The number of carboxylic acid groups (broad SMARTS) is 1. The summed E-state index contributed by atoms with van der Waals surface area (Å²) in [5.41, 5.74) is 1.07. The monoisotopic (exact) mass is 464 g/mol. The highest BCUT2D eigenvalue weighted by atomic mass is 32.2. The second-order valence-electron chi connectivity index (χ2n) is 7.13. The van der Waals surface area contributed by atoms with Crippen molar-refractivity contribution in [1.82, 2.24) is 10.6 Å². The third kappa shape index (κ3) is 7.16. The Morgan fingerprint density at radius 3 is 2.22 bits per heavy atom. The molecule has 0 saturated heterocycles. The van der Waals surface area contributed by atoms with Gasteiger partial charge in [-0.2, -0.15) is 0 Å². The average molecular weight is 465 g/mol. The first-order valence-corrected chi connectivity index (χ1v) is 11.5. The summed E-state index contributed by atoms with van der Waals surface area (Å²) in [6.07, 6.45) is 0.804. The minimum Gasteiger partial charge on any atom is -0.481 e. The summed E-state index contributed by atoms with van der Waals surface area (Å²) in [5.74, 6) is -1.79. The molecule has 2 amide bonds. The van der Waals surface area contributed by atoms with Crippen LogP contribution < -0.4 is 10.6 Å². The predicted octanol–water partition coefficient (Wildman–Crippen LogP) is 2.92. The van der Waals surface area contributed by atoms with Crippen LogP contribution in [-0.2, 0) is 21.1 Å². The van der Waals surface area contributed by atoms with Crippen molar-refractivity contribution in [2.75, 3.05) is 6.54 Å². The van der Waals surface area contributed by atoms with E-state index in [1.165, 1.54) is 36.4 Å². The summed E-state index contributed by atoms with van der Waals surface area (Å²) < 4.78 is 37.9. The van der Waals surface area contributed by atoms with Crippen molar-refractivity contribution in [3.8, 4) is 0 Å². The van der Waals surface area contributed by atoms with Crippen LogP contribution in [0.25, 0.3) is 0 Å². The van der Waals surface area contributed by atoms with Crippen LogP contribution in [0.3, 0.4) is 0 Å². The second-order valence-corrected chi connectivity index (χ2v) is 8.98. The van der Waals surface area contributed by atoms with Crippen LogP contribution in [0, 0.1) is 5.82 Å². The van der Waals surface area contributed by atoms with Crippen molar-refractivity contribution in [1.29, 1.82) is 0 Å². The number of rotatable bonds is 10. The van der Waals surface area contributed by atoms with Crippen molar-refractivity contribution in [2.24, 2.45) is 0 Å². The van der Waals surface area contributed by atoms with Gasteiger partial charge < -0.3 is 15.7 Å². The molecule has 1 unspecified atom stereocenters. The Balaban J connectivity index is 1.95. The first kappa shape index (κ1) is 25.0. The quantitative estimate of drug-likeness (QED) is 0.496. The van der Waals surface area contributed by atoms with Crippen LogP contribution >= 0.6 is 0 Å². The van der Waals surface area contributed by atoms with Gasteiger partial charge in [0.2, 0.25) is 0 Å². The van der Waals surface area contributed by atoms with Crippen molar-refractivity contribution >= 4 is 27.0 Å². The molecule has 8 nitrogen and oxygen atoms in total. The lowest BCUT2D eigenvalue weighted by Crippen LogP contribution is -2.38. The second kappa shape index (κ2) is 11.4. The molecule has 10 heteroatoms. The number of hydrogen-bond donors (Lipinski definition) is 3. The summed E-state index contributed by atoms with van der Waals surface area (Å²) in [5, 5.41) is 12.6. The van der Waals surface area contributed by atoms with Crippen LogP contribution in [0.1, 0.15) is 42.1 Å². The molecule has 172 valence electrons. The predicted molar refractivity (Wildman–Crippen MR) is 116 cm³/mol. The number of benzene rings is 2. The van der Waals surface area contributed by atoms with Crippen LogP contribution in [0.15, 0.2) is 53.4 Å². The molecule has 0 spiro atoms. The lowest BCUT2D eigenvalue weighted by Gasteiger charge is -2.16. The van der Waals surface area contributed by atoms with E-state index in [9.17, 15) is 27.2 Å². The Morgan fingerprint density at radius 1 is 1.03 bits per heavy atom. The minimum absolute atomic E-state index is 0.115. The SMILES string of the molecule is CCC(CCC(=O)O)NC(=O)S(=O)(=O)c1ccc(C(=O)NCCc2ccc(F)cc2)cc1. The normalized spacial score (nSPS) is 12.1. The fourth-order valence-electron chi connectivity index (χ4n) is 2.89. The Labute approximate surface area is 185 Å². The number of hydrogen-bond acceptors (Lipinski definition) is 5. The topological polar surface area (TPSA) is 130 Å². The molecule has 32 heavy (non-hydrogen) atoms. The highest BCUT2D eigenvalue weighted by Crippen LogP contribution is 2.15. The fraction of sp³-hybridized carbons (Fsp3) is 0.318. The molecule has 0 aliphatic carbocycles. The zero-order valence-electron chi connectivity index (χ0n) is 17.5. The molecule has 0 aliphatic heterocycles. The van der Waals surface area contributed by atoms with Gasteiger partial charge in [0.25, 0.3) is 15.7 Å². The van der Waals surface area contributed by atoms with Crippen molar-refractivity contribution in [2.45, 2.75) is 43.5 Å². The maximum absolute atomic E-state index is 12.9. The third-order valence-corrected chi connectivity index (χ3v) is 6.30. The Morgan fingerprint density at radius 2 is 1.66 bits per heavy atom. The van der Waals surface area contributed by atoms with E-state index in [0.29, 0.717) is 19.4 Å². The number of nitrogens with one attached hydrogen (secondary N) is 2. The van der Waals surface area contributed by atoms with Crippen LogP contribution in [0.5, 0.6) is 0 Å². The molecule has 2 aromatic carbocycles. The average Bonchev–Trinajstić information content (AvgIpc) is 2.77. The summed E-state index contributed by atoms with van der Waals surface area (Å²) >= 11 is 0. The first-order valence-electron chi connectivity index (χ1n) is 10.0. The minimum atomic E-state index is -4.34.